The van der Waals surface area contributed by atoms with Crippen molar-refractivity contribution in [1.82, 2.24) is 4.90 Å². The number of halogens is 3. The molecule has 110 valence electrons. The van der Waals surface area contributed by atoms with Crippen LogP contribution in [0.2, 0.25) is 0 Å². The third kappa shape index (κ3) is 3.12. The van der Waals surface area contributed by atoms with Crippen LogP contribution >= 0.6 is 0 Å². The van der Waals surface area contributed by atoms with Crippen LogP contribution in [0.3, 0.4) is 0 Å². The normalized spacial score (nSPS) is 27.8. The smallest absolute Gasteiger partial charge is 0.347 e. The quantitative estimate of drug-likeness (QED) is 0.881. The fourth-order valence-corrected chi connectivity index (χ4v) is 2.79. The minimum absolute atomic E-state index is 0.112. The van der Waals surface area contributed by atoms with Gasteiger partial charge in [0.2, 0.25) is 0 Å². The van der Waals surface area contributed by atoms with Crippen molar-refractivity contribution in [3.05, 3.63) is 35.9 Å². The summed E-state index contributed by atoms with van der Waals surface area (Å²) in [6, 6.07) is 8.22. The number of carbonyl (C=O) groups is 1. The molecule has 6 heteroatoms. The molecular weight excluding hydrogens is 269 g/mol. The molecule has 1 aliphatic heterocycles. The molecule has 1 unspecified atom stereocenters. The van der Waals surface area contributed by atoms with Gasteiger partial charge in [-0.15, -0.1) is 0 Å². The summed E-state index contributed by atoms with van der Waals surface area (Å²) in [4.78, 5) is 12.9. The molecule has 0 aliphatic carbocycles. The highest BCUT2D eigenvalue weighted by molar-refractivity contribution is 5.82. The Balaban J connectivity index is 2.26. The van der Waals surface area contributed by atoms with Crippen LogP contribution in [-0.4, -0.2) is 35.6 Å². The lowest BCUT2D eigenvalue weighted by atomic mass is 9.82. The molecule has 1 saturated heterocycles. The molecule has 1 amide bonds. The lowest BCUT2D eigenvalue weighted by Crippen LogP contribution is -2.72. The second-order valence-electron chi connectivity index (χ2n) is 5.27. The van der Waals surface area contributed by atoms with E-state index in [4.69, 9.17) is 0 Å². The number of quaternary nitrogens is 1. The van der Waals surface area contributed by atoms with Gasteiger partial charge in [-0.1, -0.05) is 30.3 Å². The van der Waals surface area contributed by atoms with Crippen molar-refractivity contribution >= 4 is 5.91 Å². The van der Waals surface area contributed by atoms with Crippen LogP contribution < -0.4 is 5.73 Å². The molecule has 1 aromatic rings. The van der Waals surface area contributed by atoms with E-state index < -0.39 is 30.7 Å². The zero-order valence-electron chi connectivity index (χ0n) is 11.2. The number of piperidine rings is 1. The largest absolute Gasteiger partial charge is 0.406 e. The van der Waals surface area contributed by atoms with Gasteiger partial charge in [-0.05, 0) is 12.5 Å². The summed E-state index contributed by atoms with van der Waals surface area (Å²) in [7, 11) is 0. The van der Waals surface area contributed by atoms with Crippen molar-refractivity contribution in [2.75, 3.05) is 6.54 Å². The maximum absolute atomic E-state index is 12.6. The summed E-state index contributed by atoms with van der Waals surface area (Å²) in [6.07, 6.45) is -3.90. The third-order valence-electron chi connectivity index (χ3n) is 3.82. The van der Waals surface area contributed by atoms with Gasteiger partial charge in [0.05, 0.1) is 0 Å². The zero-order valence-corrected chi connectivity index (χ0v) is 11.2. The molecule has 1 heterocycles. The first kappa shape index (κ1) is 14.8. The van der Waals surface area contributed by atoms with Crippen molar-refractivity contribution in [2.24, 2.45) is 0 Å². The lowest BCUT2D eigenvalue weighted by molar-refractivity contribution is -0.412. The van der Waals surface area contributed by atoms with E-state index in [9.17, 15) is 18.0 Å². The fraction of sp³-hybridized carbons (Fsp3) is 0.500. The van der Waals surface area contributed by atoms with Gasteiger partial charge in [0, 0.05) is 18.4 Å². The highest BCUT2D eigenvalue weighted by Gasteiger charge is 2.45. The molecule has 1 aliphatic rings. The molecule has 20 heavy (non-hydrogen) atoms. The molecule has 3 nitrogen and oxygen atoms in total. The van der Waals surface area contributed by atoms with E-state index >= 15 is 0 Å². The topological polar surface area (TPSA) is 48.0 Å². The number of alkyl halides is 3. The Morgan fingerprint density at radius 3 is 2.45 bits per heavy atom. The van der Waals surface area contributed by atoms with E-state index in [1.54, 1.807) is 6.92 Å². The Labute approximate surface area is 115 Å². The highest BCUT2D eigenvalue weighted by atomic mass is 19.4. The minimum atomic E-state index is -4.39. The standard InChI is InChI=1S/C14H17F3N2O/c1-9-11(10-5-3-2-4-6-10)7-12(18)13(20)19(9)8-14(15,16)17/h2-6,9,11-12H,7-8,18H2,1H3/p+1/t9-,11-,12?/m1/s1. The van der Waals surface area contributed by atoms with Gasteiger partial charge in [0.25, 0.3) is 5.91 Å². The average molecular weight is 287 g/mol. The van der Waals surface area contributed by atoms with Gasteiger partial charge in [0.1, 0.15) is 6.54 Å². The predicted molar refractivity (Wildman–Crippen MR) is 67.7 cm³/mol. The number of hydrogen-bond acceptors (Lipinski definition) is 1. The molecular formula is C14H18F3N2O+. The van der Waals surface area contributed by atoms with Crippen molar-refractivity contribution < 1.29 is 23.7 Å². The fourth-order valence-electron chi connectivity index (χ4n) is 2.79. The Kier molecular flexibility index (Phi) is 4.04. The summed E-state index contributed by atoms with van der Waals surface area (Å²) in [5, 5.41) is 0. The van der Waals surface area contributed by atoms with E-state index in [0.717, 1.165) is 10.5 Å². The first-order valence-corrected chi connectivity index (χ1v) is 6.55. The van der Waals surface area contributed by atoms with E-state index in [0.29, 0.717) is 6.42 Å². The van der Waals surface area contributed by atoms with E-state index in [2.05, 4.69) is 5.73 Å². The lowest BCUT2D eigenvalue weighted by Gasteiger charge is -2.40. The number of likely N-dealkylation sites (tertiary alicyclic amines) is 1. The van der Waals surface area contributed by atoms with Gasteiger partial charge in [-0.3, -0.25) is 4.79 Å². The van der Waals surface area contributed by atoms with Crippen LogP contribution in [0.25, 0.3) is 0 Å². The van der Waals surface area contributed by atoms with Crippen molar-refractivity contribution in [3.63, 3.8) is 0 Å². The summed E-state index contributed by atoms with van der Waals surface area (Å²) < 4.78 is 37.9. The number of benzene rings is 1. The zero-order chi connectivity index (χ0) is 14.9. The molecule has 0 saturated carbocycles. The number of amides is 1. The molecule has 0 aromatic heterocycles. The highest BCUT2D eigenvalue weighted by Crippen LogP contribution is 2.33. The second kappa shape index (κ2) is 5.44. The van der Waals surface area contributed by atoms with Gasteiger partial charge in [-0.25, -0.2) is 0 Å². The van der Waals surface area contributed by atoms with E-state index in [1.165, 1.54) is 0 Å². The van der Waals surface area contributed by atoms with Gasteiger partial charge in [0.15, 0.2) is 6.04 Å². The SMILES string of the molecule is C[C@@H]1[C@H](c2ccccc2)CC([NH3+])C(=O)N1CC(F)(F)F. The summed E-state index contributed by atoms with van der Waals surface area (Å²) in [6.45, 7) is 0.468. The summed E-state index contributed by atoms with van der Waals surface area (Å²) in [5.41, 5.74) is 4.66. The van der Waals surface area contributed by atoms with Crippen LogP contribution in [0.5, 0.6) is 0 Å². The first-order valence-electron chi connectivity index (χ1n) is 6.55. The Hall–Kier alpha value is -1.56. The van der Waals surface area contributed by atoms with Crippen LogP contribution in [0.1, 0.15) is 24.8 Å². The van der Waals surface area contributed by atoms with Crippen LogP contribution in [0.4, 0.5) is 13.2 Å². The average Bonchev–Trinajstić information content (AvgIpc) is 2.39. The molecule has 1 fully saturated rings. The van der Waals surface area contributed by atoms with Gasteiger partial charge < -0.3 is 10.6 Å². The third-order valence-corrected chi connectivity index (χ3v) is 3.82. The number of rotatable bonds is 2. The van der Waals surface area contributed by atoms with Crippen molar-refractivity contribution in [2.45, 2.75) is 37.5 Å². The van der Waals surface area contributed by atoms with Crippen LogP contribution in [0, 0.1) is 0 Å². The molecule has 1 aromatic carbocycles. The first-order chi connectivity index (χ1) is 9.29. The summed E-state index contributed by atoms with van der Waals surface area (Å²) >= 11 is 0. The molecule has 0 bridgehead atoms. The van der Waals surface area contributed by atoms with Crippen molar-refractivity contribution in [3.8, 4) is 0 Å². The number of hydrogen-bond donors (Lipinski definition) is 1. The molecule has 0 radical (unpaired) electrons. The second-order valence-corrected chi connectivity index (χ2v) is 5.27. The number of carbonyl (C=O) groups excluding carboxylic acids is 1. The molecule has 2 rings (SSSR count). The molecule has 3 atom stereocenters. The monoisotopic (exact) mass is 287 g/mol. The maximum atomic E-state index is 12.6. The number of nitrogens with zero attached hydrogens (tertiary/aromatic N) is 1. The Morgan fingerprint density at radius 1 is 1.30 bits per heavy atom. The van der Waals surface area contributed by atoms with Crippen LogP contribution in [-0.2, 0) is 4.79 Å². The van der Waals surface area contributed by atoms with Crippen molar-refractivity contribution in [1.29, 1.82) is 0 Å². The van der Waals surface area contributed by atoms with E-state index in [1.807, 2.05) is 30.3 Å². The van der Waals surface area contributed by atoms with Crippen LogP contribution in [0.15, 0.2) is 30.3 Å². The molecule has 3 N–H and O–H groups in total. The van der Waals surface area contributed by atoms with E-state index in [-0.39, 0.29) is 5.92 Å². The Morgan fingerprint density at radius 2 is 1.90 bits per heavy atom. The van der Waals surface area contributed by atoms with Gasteiger partial charge >= 0.3 is 6.18 Å². The Bertz CT molecular complexity index is 475. The minimum Gasteiger partial charge on any atom is -0.347 e. The summed E-state index contributed by atoms with van der Waals surface area (Å²) in [5.74, 6) is -0.624. The van der Waals surface area contributed by atoms with Gasteiger partial charge in [-0.2, -0.15) is 13.2 Å². The maximum Gasteiger partial charge on any atom is 0.406 e. The molecule has 0 spiro atoms. The predicted octanol–water partition coefficient (Wildman–Crippen LogP) is 1.56.